The molecule has 1 fully saturated rings. The van der Waals surface area contributed by atoms with Crippen molar-refractivity contribution in [1.82, 2.24) is 4.90 Å². The molecule has 11 heteroatoms. The number of methoxy groups -OCH3 is 3. The van der Waals surface area contributed by atoms with E-state index in [1.165, 1.54) is 27.4 Å². The Morgan fingerprint density at radius 3 is 2.16 bits per heavy atom. The molecule has 2 rings (SSSR count). The van der Waals surface area contributed by atoms with Crippen LogP contribution in [0.4, 0.5) is 10.5 Å². The molecular formula is C21H30N2O9. The first-order chi connectivity index (χ1) is 15.0. The molecule has 0 bridgehead atoms. The third-order valence-electron chi connectivity index (χ3n) is 4.92. The summed E-state index contributed by atoms with van der Waals surface area (Å²) in [5.41, 5.74) is -1.43. The number of hydrogen-bond acceptors (Lipinski definition) is 9. The van der Waals surface area contributed by atoms with Gasteiger partial charge in [-0.15, -0.1) is 0 Å². The largest absolute Gasteiger partial charge is 0.493 e. The number of esters is 1. The highest BCUT2D eigenvalue weighted by Crippen LogP contribution is 2.46. The molecule has 11 nitrogen and oxygen atoms in total. The summed E-state index contributed by atoms with van der Waals surface area (Å²) in [6.07, 6.45) is 0.856. The Kier molecular flexibility index (Phi) is 8.12. The van der Waals surface area contributed by atoms with E-state index in [9.17, 15) is 19.7 Å². The van der Waals surface area contributed by atoms with E-state index in [4.69, 9.17) is 23.7 Å². The first kappa shape index (κ1) is 25.0. The fraction of sp³-hybridized carbons (Fsp3) is 0.619. The highest BCUT2D eigenvalue weighted by atomic mass is 16.6. The molecule has 178 valence electrons. The van der Waals surface area contributed by atoms with E-state index < -0.39 is 22.2 Å². The van der Waals surface area contributed by atoms with Gasteiger partial charge < -0.3 is 28.6 Å². The van der Waals surface area contributed by atoms with Crippen molar-refractivity contribution in [1.29, 1.82) is 0 Å². The van der Waals surface area contributed by atoms with Crippen molar-refractivity contribution in [3.05, 3.63) is 21.7 Å². The Morgan fingerprint density at radius 1 is 1.09 bits per heavy atom. The predicted octanol–water partition coefficient (Wildman–Crippen LogP) is 3.42. The molecule has 1 saturated heterocycles. The standard InChI is InChI=1S/C21H30N2O9/c1-21(2,3)32-20(25)22-9-7-13(8-10-22)12-31-19(24)14-11-15(28-4)17(29-5)18(30-6)16(14)23(26)27/h11,13H,7-10,12H2,1-6H3. The van der Waals surface area contributed by atoms with E-state index in [0.29, 0.717) is 25.9 Å². The summed E-state index contributed by atoms with van der Waals surface area (Å²) >= 11 is 0. The minimum Gasteiger partial charge on any atom is -0.493 e. The molecule has 1 aliphatic heterocycles. The van der Waals surface area contributed by atoms with Gasteiger partial charge in [-0.1, -0.05) is 0 Å². The number of likely N-dealkylation sites (tertiary alicyclic amines) is 1. The highest BCUT2D eigenvalue weighted by molar-refractivity contribution is 5.97. The van der Waals surface area contributed by atoms with Gasteiger partial charge >= 0.3 is 17.7 Å². The SMILES string of the molecule is COc1cc(C(=O)OCC2CCN(C(=O)OC(C)(C)C)CC2)c([N+](=O)[O-])c(OC)c1OC. The number of nitro benzene ring substituents is 1. The Balaban J connectivity index is 2.08. The van der Waals surface area contributed by atoms with Crippen molar-refractivity contribution in [2.24, 2.45) is 5.92 Å². The lowest BCUT2D eigenvalue weighted by molar-refractivity contribution is -0.386. The van der Waals surface area contributed by atoms with Gasteiger partial charge in [-0.05, 0) is 39.5 Å². The predicted molar refractivity (Wildman–Crippen MR) is 114 cm³/mol. The zero-order chi connectivity index (χ0) is 24.1. The number of carbonyl (C=O) groups excluding carboxylic acids is 2. The van der Waals surface area contributed by atoms with E-state index in [0.717, 1.165) is 0 Å². The van der Waals surface area contributed by atoms with Crippen LogP contribution in [0, 0.1) is 16.0 Å². The van der Waals surface area contributed by atoms with Crippen LogP contribution in [0.5, 0.6) is 17.2 Å². The molecule has 0 saturated carbocycles. The van der Waals surface area contributed by atoms with Crippen LogP contribution in [0.2, 0.25) is 0 Å². The monoisotopic (exact) mass is 454 g/mol. The number of amides is 1. The van der Waals surface area contributed by atoms with Crippen LogP contribution >= 0.6 is 0 Å². The van der Waals surface area contributed by atoms with E-state index in [1.54, 1.807) is 25.7 Å². The molecule has 32 heavy (non-hydrogen) atoms. The van der Waals surface area contributed by atoms with Crippen LogP contribution in [-0.4, -0.2) is 68.5 Å². The second-order valence-electron chi connectivity index (χ2n) is 8.31. The summed E-state index contributed by atoms with van der Waals surface area (Å²) in [5.74, 6) is -0.973. The van der Waals surface area contributed by atoms with Gasteiger partial charge in [0.15, 0.2) is 5.75 Å². The summed E-state index contributed by atoms with van der Waals surface area (Å²) in [5, 5.41) is 11.7. The normalized spacial score (nSPS) is 14.5. The van der Waals surface area contributed by atoms with Gasteiger partial charge in [0.2, 0.25) is 11.5 Å². The van der Waals surface area contributed by atoms with E-state index in [-0.39, 0.29) is 41.4 Å². The average molecular weight is 454 g/mol. The molecule has 0 spiro atoms. The first-order valence-corrected chi connectivity index (χ1v) is 10.1. The number of carbonyl (C=O) groups is 2. The molecule has 0 N–H and O–H groups in total. The topological polar surface area (TPSA) is 127 Å². The minimum absolute atomic E-state index is 0.00719. The van der Waals surface area contributed by atoms with Gasteiger partial charge in [-0.25, -0.2) is 9.59 Å². The highest BCUT2D eigenvalue weighted by Gasteiger charge is 2.34. The Bertz CT molecular complexity index is 856. The van der Waals surface area contributed by atoms with Crippen LogP contribution in [0.3, 0.4) is 0 Å². The molecule has 0 atom stereocenters. The van der Waals surface area contributed by atoms with Gasteiger partial charge in [0, 0.05) is 19.2 Å². The summed E-state index contributed by atoms with van der Waals surface area (Å²) in [6.45, 7) is 6.43. The van der Waals surface area contributed by atoms with Crippen LogP contribution in [0.15, 0.2) is 6.07 Å². The van der Waals surface area contributed by atoms with Crippen LogP contribution < -0.4 is 14.2 Å². The molecular weight excluding hydrogens is 424 g/mol. The van der Waals surface area contributed by atoms with Gasteiger partial charge in [0.25, 0.3) is 0 Å². The van der Waals surface area contributed by atoms with Crippen molar-refractivity contribution in [2.45, 2.75) is 39.2 Å². The van der Waals surface area contributed by atoms with Gasteiger partial charge in [-0.2, -0.15) is 0 Å². The summed E-state index contributed by atoms with van der Waals surface area (Å²) in [6, 6.07) is 1.20. The maximum Gasteiger partial charge on any atom is 0.410 e. The maximum atomic E-state index is 12.7. The van der Waals surface area contributed by atoms with Crippen molar-refractivity contribution in [3.8, 4) is 17.2 Å². The molecule has 1 heterocycles. The van der Waals surface area contributed by atoms with Gasteiger partial charge in [0.05, 0.1) is 32.9 Å². The molecule has 1 amide bonds. The summed E-state index contributed by atoms with van der Waals surface area (Å²) in [4.78, 5) is 37.4. The van der Waals surface area contributed by atoms with E-state index >= 15 is 0 Å². The number of hydrogen-bond donors (Lipinski definition) is 0. The quantitative estimate of drug-likeness (QED) is 0.346. The zero-order valence-corrected chi connectivity index (χ0v) is 19.3. The fourth-order valence-electron chi connectivity index (χ4n) is 3.36. The fourth-order valence-corrected chi connectivity index (χ4v) is 3.36. The molecule has 1 aromatic rings. The van der Waals surface area contributed by atoms with Crippen molar-refractivity contribution < 1.29 is 38.2 Å². The average Bonchev–Trinajstić information content (AvgIpc) is 2.74. The first-order valence-electron chi connectivity index (χ1n) is 10.1. The minimum atomic E-state index is -0.870. The number of nitrogens with zero attached hydrogens (tertiary/aromatic N) is 2. The van der Waals surface area contributed by atoms with Crippen molar-refractivity contribution in [3.63, 3.8) is 0 Å². The molecule has 0 radical (unpaired) electrons. The van der Waals surface area contributed by atoms with Crippen LogP contribution in [-0.2, 0) is 9.47 Å². The van der Waals surface area contributed by atoms with Crippen molar-refractivity contribution in [2.75, 3.05) is 41.0 Å². The third-order valence-corrected chi connectivity index (χ3v) is 4.92. The third kappa shape index (κ3) is 5.92. The lowest BCUT2D eigenvalue weighted by atomic mass is 9.98. The van der Waals surface area contributed by atoms with Crippen LogP contribution in [0.1, 0.15) is 44.0 Å². The van der Waals surface area contributed by atoms with Gasteiger partial charge in [-0.3, -0.25) is 10.1 Å². The lowest BCUT2D eigenvalue weighted by Gasteiger charge is -2.33. The second kappa shape index (κ2) is 10.4. The maximum absolute atomic E-state index is 12.7. The molecule has 1 aliphatic rings. The van der Waals surface area contributed by atoms with Crippen LogP contribution in [0.25, 0.3) is 0 Å². The van der Waals surface area contributed by atoms with Gasteiger partial charge in [0.1, 0.15) is 11.2 Å². The number of benzene rings is 1. The number of rotatable bonds is 7. The molecule has 0 aromatic heterocycles. The Morgan fingerprint density at radius 2 is 1.69 bits per heavy atom. The smallest absolute Gasteiger partial charge is 0.410 e. The molecule has 1 aromatic carbocycles. The molecule has 0 unspecified atom stereocenters. The summed E-state index contributed by atoms with van der Waals surface area (Å²) < 4.78 is 26.2. The Hall–Kier alpha value is -3.24. The summed E-state index contributed by atoms with van der Waals surface area (Å²) in [7, 11) is 3.89. The zero-order valence-electron chi connectivity index (χ0n) is 19.3. The number of piperidine rings is 1. The number of ether oxygens (including phenoxy) is 5. The Labute approximate surface area is 186 Å². The molecule has 0 aliphatic carbocycles. The van der Waals surface area contributed by atoms with E-state index in [2.05, 4.69) is 0 Å². The number of nitro groups is 1. The van der Waals surface area contributed by atoms with E-state index in [1.807, 2.05) is 0 Å². The second-order valence-corrected chi connectivity index (χ2v) is 8.31. The van der Waals surface area contributed by atoms with Crippen molar-refractivity contribution >= 4 is 17.7 Å². The lowest BCUT2D eigenvalue weighted by Crippen LogP contribution is -2.42.